The number of aryl methyl sites for hydroxylation is 1. The van der Waals surface area contributed by atoms with E-state index in [-0.39, 0.29) is 16.7 Å². The third-order valence-corrected chi connectivity index (χ3v) is 3.59. The molecule has 0 aromatic heterocycles. The number of carboxylic acid groups (broad SMARTS) is 2. The van der Waals surface area contributed by atoms with Gasteiger partial charge in [0.15, 0.2) is 0 Å². The topological polar surface area (TPSA) is 104 Å². The van der Waals surface area contributed by atoms with Gasteiger partial charge in [-0.25, -0.2) is 9.59 Å². The fourth-order valence-electron chi connectivity index (χ4n) is 2.13. The van der Waals surface area contributed by atoms with E-state index in [1.165, 1.54) is 12.1 Å². The van der Waals surface area contributed by atoms with Gasteiger partial charge in [0, 0.05) is 5.69 Å². The van der Waals surface area contributed by atoms with Crippen LogP contribution in [0.3, 0.4) is 0 Å². The molecule has 0 saturated heterocycles. The molecule has 3 N–H and O–H groups in total. The minimum absolute atomic E-state index is 0.0941. The van der Waals surface area contributed by atoms with Crippen molar-refractivity contribution in [3.8, 4) is 0 Å². The van der Waals surface area contributed by atoms with Crippen LogP contribution in [0.15, 0.2) is 36.4 Å². The molecule has 0 spiro atoms. The van der Waals surface area contributed by atoms with Crippen molar-refractivity contribution in [1.29, 1.82) is 0 Å². The molecule has 0 unspecified atom stereocenters. The fraction of sp³-hybridized carbons (Fsp3) is 0.118. The standard InChI is InChI=1S/C17H15NO5/c1-9-4-3-5-14(10(9)2)18-15(19)12-7-6-11(16(20)21)8-13(12)17(22)23/h3-8H,1-2H3,(H,18,19)(H,20,21)(H,22,23). The highest BCUT2D eigenvalue weighted by molar-refractivity contribution is 6.11. The smallest absolute Gasteiger partial charge is 0.336 e. The number of anilines is 1. The molecule has 6 nitrogen and oxygen atoms in total. The monoisotopic (exact) mass is 313 g/mol. The van der Waals surface area contributed by atoms with Gasteiger partial charge in [0.2, 0.25) is 0 Å². The number of benzene rings is 2. The van der Waals surface area contributed by atoms with Crippen LogP contribution in [-0.4, -0.2) is 28.1 Å². The summed E-state index contributed by atoms with van der Waals surface area (Å²) in [6.45, 7) is 3.74. The Morgan fingerprint density at radius 1 is 0.913 bits per heavy atom. The molecule has 2 rings (SSSR count). The largest absolute Gasteiger partial charge is 0.478 e. The molecule has 0 aliphatic heterocycles. The van der Waals surface area contributed by atoms with E-state index in [1.807, 2.05) is 19.9 Å². The van der Waals surface area contributed by atoms with Gasteiger partial charge in [-0.05, 0) is 49.2 Å². The summed E-state index contributed by atoms with van der Waals surface area (Å²) < 4.78 is 0. The number of carboxylic acids is 2. The Morgan fingerprint density at radius 3 is 2.22 bits per heavy atom. The van der Waals surface area contributed by atoms with E-state index in [9.17, 15) is 19.5 Å². The van der Waals surface area contributed by atoms with Crippen molar-refractivity contribution in [3.63, 3.8) is 0 Å². The lowest BCUT2D eigenvalue weighted by molar-refractivity contribution is 0.0692. The van der Waals surface area contributed by atoms with Gasteiger partial charge in [-0.2, -0.15) is 0 Å². The van der Waals surface area contributed by atoms with Crippen LogP contribution in [0.5, 0.6) is 0 Å². The molecule has 0 saturated carbocycles. The highest BCUT2D eigenvalue weighted by atomic mass is 16.4. The molecule has 118 valence electrons. The number of aromatic carboxylic acids is 2. The van der Waals surface area contributed by atoms with Gasteiger partial charge in [-0.15, -0.1) is 0 Å². The maximum atomic E-state index is 12.4. The molecule has 6 heteroatoms. The summed E-state index contributed by atoms with van der Waals surface area (Å²) in [6.07, 6.45) is 0. The van der Waals surface area contributed by atoms with Crippen molar-refractivity contribution in [2.75, 3.05) is 5.32 Å². The zero-order valence-corrected chi connectivity index (χ0v) is 12.6. The minimum Gasteiger partial charge on any atom is -0.478 e. The van der Waals surface area contributed by atoms with Crippen molar-refractivity contribution < 1.29 is 24.6 Å². The Balaban J connectivity index is 2.41. The normalized spacial score (nSPS) is 10.2. The van der Waals surface area contributed by atoms with Crippen LogP contribution in [-0.2, 0) is 0 Å². The van der Waals surface area contributed by atoms with Gasteiger partial charge in [-0.1, -0.05) is 12.1 Å². The van der Waals surface area contributed by atoms with Crippen molar-refractivity contribution in [2.45, 2.75) is 13.8 Å². The molecule has 0 bridgehead atoms. The first kappa shape index (κ1) is 16.2. The summed E-state index contributed by atoms with van der Waals surface area (Å²) in [4.78, 5) is 34.6. The Bertz CT molecular complexity index is 811. The van der Waals surface area contributed by atoms with Gasteiger partial charge in [-0.3, -0.25) is 4.79 Å². The Kier molecular flexibility index (Phi) is 4.45. The van der Waals surface area contributed by atoms with E-state index >= 15 is 0 Å². The number of rotatable bonds is 4. The van der Waals surface area contributed by atoms with E-state index in [0.717, 1.165) is 17.2 Å². The van der Waals surface area contributed by atoms with Crippen LogP contribution in [0, 0.1) is 13.8 Å². The van der Waals surface area contributed by atoms with E-state index < -0.39 is 17.8 Å². The first-order valence-corrected chi connectivity index (χ1v) is 6.79. The number of nitrogens with one attached hydrogen (secondary N) is 1. The third-order valence-electron chi connectivity index (χ3n) is 3.59. The first-order chi connectivity index (χ1) is 10.8. The van der Waals surface area contributed by atoms with E-state index in [4.69, 9.17) is 5.11 Å². The molecule has 0 atom stereocenters. The highest BCUT2D eigenvalue weighted by Gasteiger charge is 2.19. The minimum atomic E-state index is -1.36. The predicted molar refractivity (Wildman–Crippen MR) is 84.2 cm³/mol. The van der Waals surface area contributed by atoms with Crippen LogP contribution < -0.4 is 5.32 Å². The molecule has 1 amide bonds. The molecule has 0 fully saturated rings. The summed E-state index contributed by atoms with van der Waals surface area (Å²) in [5.41, 5.74) is 1.80. The lowest BCUT2D eigenvalue weighted by atomic mass is 10.0. The van der Waals surface area contributed by atoms with Crippen LogP contribution in [0.1, 0.15) is 42.2 Å². The predicted octanol–water partition coefficient (Wildman–Crippen LogP) is 2.95. The van der Waals surface area contributed by atoms with E-state index in [1.54, 1.807) is 12.1 Å². The molecule has 0 heterocycles. The quantitative estimate of drug-likeness (QED) is 0.805. The second-order valence-corrected chi connectivity index (χ2v) is 5.07. The van der Waals surface area contributed by atoms with Gasteiger partial charge in [0.1, 0.15) is 0 Å². The zero-order valence-electron chi connectivity index (χ0n) is 12.6. The highest BCUT2D eigenvalue weighted by Crippen LogP contribution is 2.20. The van der Waals surface area contributed by atoms with Crippen molar-refractivity contribution in [1.82, 2.24) is 0 Å². The van der Waals surface area contributed by atoms with Gasteiger partial charge < -0.3 is 15.5 Å². The van der Waals surface area contributed by atoms with Crippen LogP contribution in [0.2, 0.25) is 0 Å². The van der Waals surface area contributed by atoms with E-state index in [0.29, 0.717) is 5.69 Å². The molecule has 0 aliphatic carbocycles. The number of hydrogen-bond acceptors (Lipinski definition) is 3. The molecule has 0 radical (unpaired) electrons. The maximum absolute atomic E-state index is 12.4. The summed E-state index contributed by atoms with van der Waals surface area (Å²) in [7, 11) is 0. The summed E-state index contributed by atoms with van der Waals surface area (Å²) in [5.74, 6) is -3.22. The average molecular weight is 313 g/mol. The number of hydrogen-bond donors (Lipinski definition) is 3. The fourth-order valence-corrected chi connectivity index (χ4v) is 2.13. The van der Waals surface area contributed by atoms with Crippen LogP contribution in [0.4, 0.5) is 5.69 Å². The molecule has 2 aromatic carbocycles. The van der Waals surface area contributed by atoms with Gasteiger partial charge in [0.05, 0.1) is 16.7 Å². The summed E-state index contributed by atoms with van der Waals surface area (Å²) >= 11 is 0. The van der Waals surface area contributed by atoms with Crippen LogP contribution in [0.25, 0.3) is 0 Å². The summed E-state index contributed by atoms with van der Waals surface area (Å²) in [6, 6.07) is 8.77. The van der Waals surface area contributed by atoms with Crippen molar-refractivity contribution >= 4 is 23.5 Å². The average Bonchev–Trinajstić information content (AvgIpc) is 2.51. The number of carbonyl (C=O) groups excluding carboxylic acids is 1. The number of carbonyl (C=O) groups is 3. The van der Waals surface area contributed by atoms with Crippen LogP contribution >= 0.6 is 0 Å². The molecule has 2 aromatic rings. The molecular weight excluding hydrogens is 298 g/mol. The zero-order chi connectivity index (χ0) is 17.1. The summed E-state index contributed by atoms with van der Waals surface area (Å²) in [5, 5.41) is 20.8. The van der Waals surface area contributed by atoms with E-state index in [2.05, 4.69) is 5.32 Å². The van der Waals surface area contributed by atoms with Gasteiger partial charge in [0.25, 0.3) is 5.91 Å². The molecular formula is C17H15NO5. The lowest BCUT2D eigenvalue weighted by Crippen LogP contribution is -2.18. The third kappa shape index (κ3) is 3.37. The second-order valence-electron chi connectivity index (χ2n) is 5.07. The van der Waals surface area contributed by atoms with Crippen molar-refractivity contribution in [2.24, 2.45) is 0 Å². The lowest BCUT2D eigenvalue weighted by Gasteiger charge is -2.12. The first-order valence-electron chi connectivity index (χ1n) is 6.79. The Hall–Kier alpha value is -3.15. The molecule has 0 aliphatic rings. The number of amides is 1. The van der Waals surface area contributed by atoms with Gasteiger partial charge >= 0.3 is 11.9 Å². The Labute approximate surface area is 132 Å². The SMILES string of the molecule is Cc1cccc(NC(=O)c2ccc(C(=O)O)cc2C(=O)O)c1C. The second kappa shape index (κ2) is 6.31. The Morgan fingerprint density at radius 2 is 1.61 bits per heavy atom. The maximum Gasteiger partial charge on any atom is 0.336 e. The van der Waals surface area contributed by atoms with Crippen molar-refractivity contribution in [3.05, 3.63) is 64.2 Å². The molecule has 23 heavy (non-hydrogen) atoms.